The van der Waals surface area contributed by atoms with E-state index in [1.165, 1.54) is 26.0 Å². The van der Waals surface area contributed by atoms with Crippen molar-refractivity contribution in [3.8, 4) is 11.5 Å². The average Bonchev–Trinajstić information content (AvgIpc) is 2.59. The van der Waals surface area contributed by atoms with E-state index in [0.29, 0.717) is 22.7 Å². The first-order chi connectivity index (χ1) is 11.5. The van der Waals surface area contributed by atoms with Crippen LogP contribution in [0, 0.1) is 0 Å². The van der Waals surface area contributed by atoms with Gasteiger partial charge in [0.25, 0.3) is 5.91 Å². The van der Waals surface area contributed by atoms with Gasteiger partial charge in [-0.2, -0.15) is 0 Å². The summed E-state index contributed by atoms with van der Waals surface area (Å²) in [5, 5.41) is 2.81. The molecule has 0 heterocycles. The first kappa shape index (κ1) is 17.7. The lowest BCUT2D eigenvalue weighted by molar-refractivity contribution is -0.115. The number of nitrogens with one attached hydrogen (secondary N) is 1. The fourth-order valence-corrected chi connectivity index (χ4v) is 2.78. The standard InChI is InChI=1S/C17H18N2O4S/c1-22-13-7-4-8-14(23-2)16(13)17(21)19-11-5-3-6-12(9-11)24-10-15(18)20/h3-9H,10H2,1-2H3,(H2,18,20)(H,19,21). The number of methoxy groups -OCH3 is 2. The van der Waals surface area contributed by atoms with Gasteiger partial charge in [0.05, 0.1) is 20.0 Å². The minimum Gasteiger partial charge on any atom is -0.496 e. The van der Waals surface area contributed by atoms with Gasteiger partial charge in [0, 0.05) is 10.6 Å². The normalized spacial score (nSPS) is 10.1. The molecular weight excluding hydrogens is 328 g/mol. The summed E-state index contributed by atoms with van der Waals surface area (Å²) in [7, 11) is 2.99. The van der Waals surface area contributed by atoms with Gasteiger partial charge in [0.15, 0.2) is 0 Å². The number of thioether (sulfide) groups is 1. The molecule has 0 fully saturated rings. The summed E-state index contributed by atoms with van der Waals surface area (Å²) in [4.78, 5) is 24.3. The molecule has 2 aromatic rings. The van der Waals surface area contributed by atoms with Crippen LogP contribution in [0.5, 0.6) is 11.5 Å². The minimum atomic E-state index is -0.395. The van der Waals surface area contributed by atoms with E-state index in [1.54, 1.807) is 36.4 Å². The highest BCUT2D eigenvalue weighted by Crippen LogP contribution is 2.29. The third-order valence-corrected chi connectivity index (χ3v) is 4.14. The quantitative estimate of drug-likeness (QED) is 0.752. The number of nitrogens with two attached hydrogens (primary N) is 1. The number of hydrogen-bond donors (Lipinski definition) is 2. The summed E-state index contributed by atoms with van der Waals surface area (Å²) in [6.45, 7) is 0. The highest BCUT2D eigenvalue weighted by molar-refractivity contribution is 8.00. The number of carbonyl (C=O) groups excluding carboxylic acids is 2. The first-order valence-electron chi connectivity index (χ1n) is 7.08. The van der Waals surface area contributed by atoms with Crippen LogP contribution in [0.15, 0.2) is 47.4 Å². The zero-order valence-electron chi connectivity index (χ0n) is 13.4. The van der Waals surface area contributed by atoms with E-state index in [2.05, 4.69) is 5.32 Å². The van der Waals surface area contributed by atoms with Crippen molar-refractivity contribution in [2.75, 3.05) is 25.3 Å². The summed E-state index contributed by atoms with van der Waals surface area (Å²) in [6.07, 6.45) is 0. The van der Waals surface area contributed by atoms with Crippen molar-refractivity contribution in [2.24, 2.45) is 5.73 Å². The summed E-state index contributed by atoms with van der Waals surface area (Å²) in [5.74, 6) is 0.282. The minimum absolute atomic E-state index is 0.178. The van der Waals surface area contributed by atoms with Crippen LogP contribution in [0.25, 0.3) is 0 Å². The van der Waals surface area contributed by atoms with Crippen LogP contribution in [-0.4, -0.2) is 31.8 Å². The Morgan fingerprint density at radius 1 is 1.08 bits per heavy atom. The van der Waals surface area contributed by atoms with Crippen LogP contribution in [-0.2, 0) is 4.79 Å². The maximum Gasteiger partial charge on any atom is 0.263 e. The predicted octanol–water partition coefficient (Wildman–Crippen LogP) is 2.53. The number of amides is 2. The Labute approximate surface area is 144 Å². The molecule has 7 heteroatoms. The second-order valence-electron chi connectivity index (χ2n) is 4.77. The Bertz CT molecular complexity index is 727. The monoisotopic (exact) mass is 346 g/mol. The molecule has 2 aromatic carbocycles. The molecular formula is C17H18N2O4S. The first-order valence-corrected chi connectivity index (χ1v) is 8.07. The number of hydrogen-bond acceptors (Lipinski definition) is 5. The Morgan fingerprint density at radius 2 is 1.71 bits per heavy atom. The molecule has 0 aliphatic rings. The molecule has 3 N–H and O–H groups in total. The van der Waals surface area contributed by atoms with Crippen LogP contribution in [0.2, 0.25) is 0 Å². The number of benzene rings is 2. The van der Waals surface area contributed by atoms with Crippen LogP contribution in [0.3, 0.4) is 0 Å². The lowest BCUT2D eigenvalue weighted by atomic mass is 10.1. The molecule has 2 rings (SSSR count). The van der Waals surface area contributed by atoms with Gasteiger partial charge in [-0.3, -0.25) is 9.59 Å². The van der Waals surface area contributed by atoms with Gasteiger partial charge in [-0.05, 0) is 30.3 Å². The third kappa shape index (κ3) is 4.42. The molecule has 0 spiro atoms. The van der Waals surface area contributed by atoms with E-state index in [4.69, 9.17) is 15.2 Å². The summed E-state index contributed by atoms with van der Waals surface area (Å²) in [6, 6.07) is 12.3. The topological polar surface area (TPSA) is 90.7 Å². The molecule has 0 aliphatic heterocycles. The third-order valence-electron chi connectivity index (χ3n) is 3.13. The van der Waals surface area contributed by atoms with E-state index >= 15 is 0 Å². The Balaban J connectivity index is 2.21. The van der Waals surface area contributed by atoms with Crippen LogP contribution in [0.4, 0.5) is 5.69 Å². The molecule has 0 atom stereocenters. The van der Waals surface area contributed by atoms with Crippen LogP contribution >= 0.6 is 11.8 Å². The van der Waals surface area contributed by atoms with Gasteiger partial charge in [0.1, 0.15) is 17.1 Å². The second kappa shape index (κ2) is 8.26. The van der Waals surface area contributed by atoms with Crippen molar-refractivity contribution >= 4 is 29.3 Å². The summed E-state index contributed by atoms with van der Waals surface area (Å²) >= 11 is 1.31. The molecule has 0 saturated heterocycles. The Hall–Kier alpha value is -2.67. The van der Waals surface area contributed by atoms with Gasteiger partial charge >= 0.3 is 0 Å². The van der Waals surface area contributed by atoms with E-state index in [-0.39, 0.29) is 11.7 Å². The van der Waals surface area contributed by atoms with Crippen LogP contribution < -0.4 is 20.5 Å². The predicted molar refractivity (Wildman–Crippen MR) is 93.9 cm³/mol. The maximum absolute atomic E-state index is 12.6. The van der Waals surface area contributed by atoms with E-state index < -0.39 is 5.91 Å². The van der Waals surface area contributed by atoms with Crippen LogP contribution in [0.1, 0.15) is 10.4 Å². The van der Waals surface area contributed by atoms with Gasteiger partial charge in [-0.25, -0.2) is 0 Å². The molecule has 0 aromatic heterocycles. The lowest BCUT2D eigenvalue weighted by Crippen LogP contribution is -2.15. The number of primary amides is 1. The molecule has 126 valence electrons. The molecule has 24 heavy (non-hydrogen) atoms. The van der Waals surface area contributed by atoms with Gasteiger partial charge in [-0.1, -0.05) is 12.1 Å². The largest absolute Gasteiger partial charge is 0.496 e. The van der Waals surface area contributed by atoms with Crippen molar-refractivity contribution in [3.05, 3.63) is 48.0 Å². The van der Waals surface area contributed by atoms with Crippen molar-refractivity contribution in [1.29, 1.82) is 0 Å². The molecule has 0 aliphatic carbocycles. The Morgan fingerprint density at radius 3 is 2.29 bits per heavy atom. The van der Waals surface area contributed by atoms with Gasteiger partial charge in [0.2, 0.25) is 5.91 Å². The van der Waals surface area contributed by atoms with Crippen molar-refractivity contribution in [3.63, 3.8) is 0 Å². The average molecular weight is 346 g/mol. The molecule has 2 amide bonds. The summed E-state index contributed by atoms with van der Waals surface area (Å²) < 4.78 is 10.5. The zero-order valence-corrected chi connectivity index (χ0v) is 14.2. The van der Waals surface area contributed by atoms with Crippen molar-refractivity contribution < 1.29 is 19.1 Å². The lowest BCUT2D eigenvalue weighted by Gasteiger charge is -2.13. The second-order valence-corrected chi connectivity index (χ2v) is 5.82. The molecule has 0 bridgehead atoms. The molecule has 0 radical (unpaired) electrons. The van der Waals surface area contributed by atoms with Crippen molar-refractivity contribution in [2.45, 2.75) is 4.90 Å². The van der Waals surface area contributed by atoms with Gasteiger partial charge < -0.3 is 20.5 Å². The highest BCUT2D eigenvalue weighted by atomic mass is 32.2. The fraction of sp³-hybridized carbons (Fsp3) is 0.176. The van der Waals surface area contributed by atoms with Gasteiger partial charge in [-0.15, -0.1) is 11.8 Å². The molecule has 0 unspecified atom stereocenters. The zero-order chi connectivity index (χ0) is 17.5. The van der Waals surface area contributed by atoms with Crippen molar-refractivity contribution in [1.82, 2.24) is 0 Å². The number of rotatable bonds is 7. The van der Waals surface area contributed by atoms with E-state index in [1.807, 2.05) is 6.07 Å². The highest BCUT2D eigenvalue weighted by Gasteiger charge is 2.18. The Kier molecular flexibility index (Phi) is 6.08. The summed E-state index contributed by atoms with van der Waals surface area (Å²) in [5.41, 5.74) is 6.06. The molecule has 0 saturated carbocycles. The maximum atomic E-state index is 12.6. The van der Waals surface area contributed by atoms with E-state index in [9.17, 15) is 9.59 Å². The fourth-order valence-electron chi connectivity index (χ4n) is 2.09. The smallest absolute Gasteiger partial charge is 0.263 e. The number of carbonyl (C=O) groups is 2. The SMILES string of the molecule is COc1cccc(OC)c1C(=O)Nc1cccc(SCC(N)=O)c1. The number of anilines is 1. The molecule has 6 nitrogen and oxygen atoms in total. The number of ether oxygens (including phenoxy) is 2. The van der Waals surface area contributed by atoms with E-state index in [0.717, 1.165) is 4.90 Å².